The average Bonchev–Trinajstić information content (AvgIpc) is 3.14. The molecule has 1 unspecified atom stereocenters. The van der Waals surface area contributed by atoms with E-state index >= 15 is 0 Å². The van der Waals surface area contributed by atoms with Crippen LogP contribution in [0.3, 0.4) is 0 Å². The second-order valence-electron chi connectivity index (χ2n) is 6.80. The number of halogens is 1. The first-order valence-electron chi connectivity index (χ1n) is 8.76. The molecule has 1 N–H and O–H groups in total. The lowest BCUT2D eigenvalue weighted by atomic mass is 9.98. The Morgan fingerprint density at radius 3 is 2.80 bits per heavy atom. The van der Waals surface area contributed by atoms with E-state index in [4.69, 9.17) is 9.47 Å². The predicted octanol–water partition coefficient (Wildman–Crippen LogP) is 2.19. The Bertz CT molecular complexity index is 605. The number of carbonyl (C=O) groups excluding carboxylic acids is 1. The number of piperidine rings is 1. The van der Waals surface area contributed by atoms with Gasteiger partial charge in [0, 0.05) is 39.6 Å². The van der Waals surface area contributed by atoms with E-state index in [2.05, 4.69) is 5.32 Å². The highest BCUT2D eigenvalue weighted by Gasteiger charge is 2.32. The topological polar surface area (TPSA) is 54.0 Å². The van der Waals surface area contributed by atoms with Gasteiger partial charge < -0.3 is 24.6 Å². The number of ether oxygens (including phenoxy) is 2. The number of amides is 2. The van der Waals surface area contributed by atoms with Gasteiger partial charge in [-0.25, -0.2) is 9.18 Å². The van der Waals surface area contributed by atoms with Crippen LogP contribution >= 0.6 is 0 Å². The number of carbonyl (C=O) groups is 1. The average molecular weight is 351 g/mol. The maximum atomic E-state index is 14.0. The normalized spacial score (nSPS) is 21.4. The van der Waals surface area contributed by atoms with Gasteiger partial charge in [0.25, 0.3) is 0 Å². The lowest BCUT2D eigenvalue weighted by molar-refractivity contribution is -0.0963. The van der Waals surface area contributed by atoms with E-state index in [9.17, 15) is 9.18 Å². The third-order valence-corrected chi connectivity index (χ3v) is 4.72. The van der Waals surface area contributed by atoms with Crippen LogP contribution in [0.1, 0.15) is 18.4 Å². The van der Waals surface area contributed by atoms with Crippen molar-refractivity contribution in [2.75, 3.05) is 45.3 Å². The molecule has 0 aliphatic carbocycles. The van der Waals surface area contributed by atoms with Crippen molar-refractivity contribution < 1.29 is 18.7 Å². The molecule has 2 amide bonds. The Morgan fingerprint density at radius 1 is 1.36 bits per heavy atom. The van der Waals surface area contributed by atoms with Crippen molar-refractivity contribution in [2.24, 2.45) is 5.92 Å². The number of nitrogens with one attached hydrogen (secondary N) is 1. The third kappa shape index (κ3) is 4.41. The van der Waals surface area contributed by atoms with E-state index in [1.807, 2.05) is 6.07 Å². The van der Waals surface area contributed by atoms with Gasteiger partial charge in [-0.1, -0.05) is 6.07 Å². The van der Waals surface area contributed by atoms with E-state index in [1.165, 1.54) is 6.07 Å². The second kappa shape index (κ2) is 8.01. The summed E-state index contributed by atoms with van der Waals surface area (Å²) in [6.07, 6.45) is 1.75. The molecule has 1 atom stereocenters. The van der Waals surface area contributed by atoms with Crippen molar-refractivity contribution in [3.63, 3.8) is 0 Å². The van der Waals surface area contributed by atoms with E-state index < -0.39 is 0 Å². The first kappa shape index (κ1) is 17.9. The van der Waals surface area contributed by atoms with E-state index in [0.717, 1.165) is 24.9 Å². The molecular weight excluding hydrogens is 325 g/mol. The van der Waals surface area contributed by atoms with Gasteiger partial charge in [-0.05, 0) is 30.5 Å². The molecule has 0 bridgehead atoms. The van der Waals surface area contributed by atoms with E-state index in [-0.39, 0.29) is 24.1 Å². The quantitative estimate of drug-likeness (QED) is 0.903. The molecular formula is C18H26FN3O3. The van der Waals surface area contributed by atoms with Crippen LogP contribution in [-0.2, 0) is 16.0 Å². The minimum atomic E-state index is -0.287. The Hall–Kier alpha value is -1.86. The van der Waals surface area contributed by atoms with Crippen LogP contribution in [0.25, 0.3) is 0 Å². The standard InChI is InChI=1S/C18H26FN3O3/c1-21(2)16-6-5-13(10-15(16)19)11-20-18(23)22-7-3-4-14(12-22)17-24-8-9-25-17/h5-6,10,14,17H,3-4,7-9,11-12H2,1-2H3,(H,20,23). The highest BCUT2D eigenvalue weighted by molar-refractivity contribution is 5.74. The van der Waals surface area contributed by atoms with Crippen LogP contribution in [0.5, 0.6) is 0 Å². The number of likely N-dealkylation sites (tertiary alicyclic amines) is 1. The number of hydrogen-bond acceptors (Lipinski definition) is 4. The molecule has 7 heteroatoms. The molecule has 2 aliphatic rings. The Labute approximate surface area is 147 Å². The van der Waals surface area contributed by atoms with Gasteiger partial charge in [0.1, 0.15) is 5.82 Å². The van der Waals surface area contributed by atoms with Crippen molar-refractivity contribution in [2.45, 2.75) is 25.7 Å². The molecule has 1 aromatic rings. The summed E-state index contributed by atoms with van der Waals surface area (Å²) in [5.41, 5.74) is 1.28. The fourth-order valence-corrected chi connectivity index (χ4v) is 3.38. The van der Waals surface area contributed by atoms with Crippen LogP contribution in [0.2, 0.25) is 0 Å². The van der Waals surface area contributed by atoms with Crippen molar-refractivity contribution in [3.05, 3.63) is 29.6 Å². The van der Waals surface area contributed by atoms with E-state index in [1.54, 1.807) is 30.0 Å². The third-order valence-electron chi connectivity index (χ3n) is 4.72. The summed E-state index contributed by atoms with van der Waals surface area (Å²) >= 11 is 0. The summed E-state index contributed by atoms with van der Waals surface area (Å²) in [6, 6.07) is 4.90. The SMILES string of the molecule is CN(C)c1ccc(CNC(=O)N2CCCC(C3OCCO3)C2)cc1F. The highest BCUT2D eigenvalue weighted by Crippen LogP contribution is 2.25. The molecule has 3 rings (SSSR count). The minimum absolute atomic E-state index is 0.125. The summed E-state index contributed by atoms with van der Waals surface area (Å²) < 4.78 is 25.1. The van der Waals surface area contributed by atoms with Crippen LogP contribution in [-0.4, -0.2) is 57.6 Å². The Morgan fingerprint density at radius 2 is 2.12 bits per heavy atom. The summed E-state index contributed by atoms with van der Waals surface area (Å²) in [5, 5.41) is 2.88. The van der Waals surface area contributed by atoms with Crippen molar-refractivity contribution in [3.8, 4) is 0 Å². The second-order valence-corrected chi connectivity index (χ2v) is 6.80. The fourth-order valence-electron chi connectivity index (χ4n) is 3.38. The largest absolute Gasteiger partial charge is 0.375 e. The van der Waals surface area contributed by atoms with Gasteiger partial charge in [0.2, 0.25) is 0 Å². The molecule has 138 valence electrons. The summed E-state index contributed by atoms with van der Waals surface area (Å²) in [4.78, 5) is 15.9. The molecule has 0 saturated carbocycles. The predicted molar refractivity (Wildman–Crippen MR) is 93.0 cm³/mol. The number of anilines is 1. The van der Waals surface area contributed by atoms with Gasteiger partial charge in [-0.3, -0.25) is 0 Å². The van der Waals surface area contributed by atoms with Crippen molar-refractivity contribution in [1.82, 2.24) is 10.2 Å². The van der Waals surface area contributed by atoms with Crippen molar-refractivity contribution >= 4 is 11.7 Å². The molecule has 0 spiro atoms. The maximum absolute atomic E-state index is 14.0. The first-order chi connectivity index (χ1) is 12.0. The highest BCUT2D eigenvalue weighted by atomic mass is 19.1. The zero-order chi connectivity index (χ0) is 17.8. The Balaban J connectivity index is 1.52. The molecule has 1 aromatic carbocycles. The van der Waals surface area contributed by atoms with Gasteiger partial charge >= 0.3 is 6.03 Å². The Kier molecular flexibility index (Phi) is 5.75. The lowest BCUT2D eigenvalue weighted by Gasteiger charge is -2.34. The first-order valence-corrected chi connectivity index (χ1v) is 8.76. The summed E-state index contributed by atoms with van der Waals surface area (Å²) in [7, 11) is 3.59. The minimum Gasteiger partial charge on any atom is -0.375 e. The molecule has 2 aliphatic heterocycles. The smallest absolute Gasteiger partial charge is 0.317 e. The zero-order valence-electron chi connectivity index (χ0n) is 14.8. The van der Waals surface area contributed by atoms with Crippen LogP contribution in [0, 0.1) is 11.7 Å². The number of rotatable bonds is 4. The van der Waals surface area contributed by atoms with Crippen LogP contribution in [0.4, 0.5) is 14.9 Å². The van der Waals surface area contributed by atoms with E-state index in [0.29, 0.717) is 32.0 Å². The van der Waals surface area contributed by atoms with Gasteiger partial charge in [0.05, 0.1) is 18.9 Å². The van der Waals surface area contributed by atoms with Crippen LogP contribution in [0.15, 0.2) is 18.2 Å². The number of hydrogen-bond donors (Lipinski definition) is 1. The molecule has 2 fully saturated rings. The zero-order valence-corrected chi connectivity index (χ0v) is 14.8. The maximum Gasteiger partial charge on any atom is 0.317 e. The molecule has 2 saturated heterocycles. The number of benzene rings is 1. The lowest BCUT2D eigenvalue weighted by Crippen LogP contribution is -2.47. The van der Waals surface area contributed by atoms with Crippen molar-refractivity contribution in [1.29, 1.82) is 0 Å². The number of nitrogens with zero attached hydrogens (tertiary/aromatic N) is 2. The molecule has 0 aromatic heterocycles. The molecule has 6 nitrogen and oxygen atoms in total. The molecule has 25 heavy (non-hydrogen) atoms. The van der Waals surface area contributed by atoms with Gasteiger partial charge in [-0.15, -0.1) is 0 Å². The molecule has 0 radical (unpaired) electrons. The summed E-state index contributed by atoms with van der Waals surface area (Å²) in [6.45, 7) is 2.91. The molecule has 2 heterocycles. The van der Waals surface area contributed by atoms with Gasteiger partial charge in [-0.2, -0.15) is 0 Å². The summed E-state index contributed by atoms with van der Waals surface area (Å²) in [5.74, 6) is -0.0656. The monoisotopic (exact) mass is 351 g/mol. The fraction of sp³-hybridized carbons (Fsp3) is 0.611. The number of urea groups is 1. The van der Waals surface area contributed by atoms with Crippen LogP contribution < -0.4 is 10.2 Å². The van der Waals surface area contributed by atoms with Gasteiger partial charge in [0.15, 0.2) is 6.29 Å².